The molecule has 1 aromatic carbocycles. The van der Waals surface area contributed by atoms with Gasteiger partial charge in [-0.2, -0.15) is 0 Å². The van der Waals surface area contributed by atoms with Gasteiger partial charge in [0.25, 0.3) is 0 Å². The third-order valence-corrected chi connectivity index (χ3v) is 3.45. The van der Waals surface area contributed by atoms with Gasteiger partial charge in [-0.15, -0.1) is 0 Å². The highest BCUT2D eigenvalue weighted by Crippen LogP contribution is 2.13. The minimum atomic E-state index is -0.0208. The number of nitrogens with two attached hydrogens (primary N) is 1. The summed E-state index contributed by atoms with van der Waals surface area (Å²) in [6, 6.07) is 7.60. The molecule has 1 saturated heterocycles. The molecule has 0 aromatic heterocycles. The van der Waals surface area contributed by atoms with Crippen molar-refractivity contribution in [2.45, 2.75) is 19.4 Å². The second kappa shape index (κ2) is 6.63. The molecule has 1 fully saturated rings. The fraction of sp³-hybridized carbons (Fsp3) is 0.429. The lowest BCUT2D eigenvalue weighted by atomic mass is 10.0. The molecular weight excluding hydrogens is 260 g/mol. The molecule has 0 radical (unpaired) electrons. The van der Waals surface area contributed by atoms with Crippen molar-refractivity contribution in [1.29, 1.82) is 0 Å². The molecule has 0 saturated carbocycles. The lowest BCUT2D eigenvalue weighted by Crippen LogP contribution is -2.35. The lowest BCUT2D eigenvalue weighted by molar-refractivity contribution is -0.129. The molecule has 4 nitrogen and oxygen atoms in total. The van der Waals surface area contributed by atoms with Gasteiger partial charge in [-0.25, -0.2) is 0 Å². The van der Waals surface area contributed by atoms with Crippen molar-refractivity contribution in [3.63, 3.8) is 0 Å². The second-order valence-electron chi connectivity index (χ2n) is 4.70. The van der Waals surface area contributed by atoms with Gasteiger partial charge in [0.2, 0.25) is 5.91 Å². The molecule has 5 heteroatoms. The van der Waals surface area contributed by atoms with Crippen LogP contribution in [-0.2, 0) is 16.1 Å². The third-order valence-electron chi connectivity index (χ3n) is 3.21. The Morgan fingerprint density at radius 3 is 3.05 bits per heavy atom. The van der Waals surface area contributed by atoms with Crippen LogP contribution in [0.25, 0.3) is 0 Å². The molecule has 0 spiro atoms. The van der Waals surface area contributed by atoms with Gasteiger partial charge in [0.15, 0.2) is 0 Å². The van der Waals surface area contributed by atoms with Crippen molar-refractivity contribution in [3.8, 4) is 0 Å². The van der Waals surface area contributed by atoms with Crippen molar-refractivity contribution >= 4 is 23.1 Å². The minimum absolute atomic E-state index is 0.0208. The molecule has 1 unspecified atom stereocenters. The summed E-state index contributed by atoms with van der Waals surface area (Å²) < 4.78 is 5.31. The summed E-state index contributed by atoms with van der Waals surface area (Å²) in [6.45, 7) is 1.78. The molecule has 3 N–H and O–H groups in total. The van der Waals surface area contributed by atoms with E-state index in [4.69, 9.17) is 22.7 Å². The van der Waals surface area contributed by atoms with Crippen LogP contribution in [0.5, 0.6) is 0 Å². The van der Waals surface area contributed by atoms with Crippen LogP contribution in [0, 0.1) is 5.92 Å². The van der Waals surface area contributed by atoms with Crippen molar-refractivity contribution < 1.29 is 9.53 Å². The highest BCUT2D eigenvalue weighted by molar-refractivity contribution is 7.80. The van der Waals surface area contributed by atoms with E-state index in [9.17, 15) is 4.79 Å². The fourth-order valence-corrected chi connectivity index (χ4v) is 2.24. The summed E-state index contributed by atoms with van der Waals surface area (Å²) in [5.41, 5.74) is 7.40. The molecule has 19 heavy (non-hydrogen) atoms. The summed E-state index contributed by atoms with van der Waals surface area (Å²) >= 11 is 4.93. The Hall–Kier alpha value is -1.46. The van der Waals surface area contributed by atoms with E-state index < -0.39 is 0 Å². The monoisotopic (exact) mass is 278 g/mol. The van der Waals surface area contributed by atoms with Crippen LogP contribution in [0.1, 0.15) is 24.0 Å². The van der Waals surface area contributed by atoms with Gasteiger partial charge in [-0.3, -0.25) is 4.79 Å². The first-order valence-electron chi connectivity index (χ1n) is 6.41. The first-order chi connectivity index (χ1) is 9.16. The number of carbonyl (C=O) groups is 1. The van der Waals surface area contributed by atoms with Gasteiger partial charge in [-0.1, -0.05) is 30.4 Å². The Balaban J connectivity index is 1.89. The van der Waals surface area contributed by atoms with Crippen molar-refractivity contribution in [2.75, 3.05) is 13.2 Å². The topological polar surface area (TPSA) is 64.3 Å². The Morgan fingerprint density at radius 2 is 2.37 bits per heavy atom. The number of thiocarbonyl (C=S) groups is 1. The Bertz CT molecular complexity index is 470. The second-order valence-corrected chi connectivity index (χ2v) is 5.14. The number of rotatable bonds is 4. The highest BCUT2D eigenvalue weighted by Gasteiger charge is 2.21. The number of carbonyl (C=O) groups excluding carboxylic acids is 1. The van der Waals surface area contributed by atoms with Crippen molar-refractivity contribution in [1.82, 2.24) is 5.32 Å². The number of amides is 1. The van der Waals surface area contributed by atoms with E-state index in [1.807, 2.05) is 24.3 Å². The molecule has 2 rings (SSSR count). The van der Waals surface area contributed by atoms with Crippen LogP contribution in [0.15, 0.2) is 24.3 Å². The maximum atomic E-state index is 11.9. The number of benzene rings is 1. The van der Waals surface area contributed by atoms with E-state index in [0.717, 1.165) is 30.6 Å². The quantitative estimate of drug-likeness (QED) is 0.816. The van der Waals surface area contributed by atoms with Crippen LogP contribution in [0.4, 0.5) is 0 Å². The van der Waals surface area contributed by atoms with Gasteiger partial charge < -0.3 is 15.8 Å². The standard InChI is InChI=1S/C14H18N2O2S/c15-13(19)11-4-1-3-10(7-11)8-16-14(17)12-5-2-6-18-9-12/h1,3-4,7,12H,2,5-6,8-9H2,(H2,15,19)(H,16,17). The summed E-state index contributed by atoms with van der Waals surface area (Å²) in [5.74, 6) is 0.0351. The van der Waals surface area contributed by atoms with Crippen LogP contribution in [0.3, 0.4) is 0 Å². The van der Waals surface area contributed by atoms with E-state index in [2.05, 4.69) is 5.32 Å². The van der Waals surface area contributed by atoms with E-state index in [-0.39, 0.29) is 11.8 Å². The number of nitrogens with one attached hydrogen (secondary N) is 1. The third kappa shape index (κ3) is 4.01. The van der Waals surface area contributed by atoms with Gasteiger partial charge in [0, 0.05) is 18.7 Å². The van der Waals surface area contributed by atoms with Gasteiger partial charge in [0.1, 0.15) is 4.99 Å². The molecule has 1 aliphatic rings. The van der Waals surface area contributed by atoms with Crippen molar-refractivity contribution in [3.05, 3.63) is 35.4 Å². The van der Waals surface area contributed by atoms with Crippen LogP contribution >= 0.6 is 12.2 Å². The summed E-state index contributed by atoms with van der Waals surface area (Å²) in [4.78, 5) is 12.3. The number of hydrogen-bond acceptors (Lipinski definition) is 3. The molecule has 1 atom stereocenters. The minimum Gasteiger partial charge on any atom is -0.389 e. The first-order valence-corrected chi connectivity index (χ1v) is 6.82. The SMILES string of the molecule is NC(=S)c1cccc(CNC(=O)C2CCCOC2)c1. The van der Waals surface area contributed by atoms with Gasteiger partial charge in [-0.05, 0) is 24.5 Å². The van der Waals surface area contributed by atoms with Crippen molar-refractivity contribution in [2.24, 2.45) is 11.7 Å². The smallest absolute Gasteiger partial charge is 0.225 e. The van der Waals surface area contributed by atoms with E-state index in [0.29, 0.717) is 18.1 Å². The number of ether oxygens (including phenoxy) is 1. The van der Waals surface area contributed by atoms with E-state index >= 15 is 0 Å². The fourth-order valence-electron chi connectivity index (χ4n) is 2.12. The number of hydrogen-bond donors (Lipinski definition) is 2. The molecule has 1 aromatic rings. The zero-order valence-corrected chi connectivity index (χ0v) is 11.5. The Morgan fingerprint density at radius 1 is 1.53 bits per heavy atom. The molecule has 1 amide bonds. The highest BCUT2D eigenvalue weighted by atomic mass is 32.1. The average Bonchev–Trinajstić information content (AvgIpc) is 2.46. The molecular formula is C14H18N2O2S. The summed E-state index contributed by atoms with van der Waals surface area (Å²) in [5, 5.41) is 2.93. The van der Waals surface area contributed by atoms with Crippen LogP contribution in [0.2, 0.25) is 0 Å². The Kier molecular flexibility index (Phi) is 4.87. The zero-order chi connectivity index (χ0) is 13.7. The van der Waals surface area contributed by atoms with E-state index in [1.54, 1.807) is 0 Å². The zero-order valence-electron chi connectivity index (χ0n) is 10.7. The molecule has 0 bridgehead atoms. The summed E-state index contributed by atoms with van der Waals surface area (Å²) in [7, 11) is 0. The lowest BCUT2D eigenvalue weighted by Gasteiger charge is -2.21. The summed E-state index contributed by atoms with van der Waals surface area (Å²) in [6.07, 6.45) is 1.85. The van der Waals surface area contributed by atoms with Gasteiger partial charge >= 0.3 is 0 Å². The molecule has 1 aliphatic heterocycles. The maximum Gasteiger partial charge on any atom is 0.225 e. The van der Waals surface area contributed by atoms with Gasteiger partial charge in [0.05, 0.1) is 12.5 Å². The Labute approximate surface area is 118 Å². The van der Waals surface area contributed by atoms with Crippen LogP contribution in [-0.4, -0.2) is 24.1 Å². The predicted octanol–water partition coefficient (Wildman–Crippen LogP) is 1.36. The molecule has 1 heterocycles. The first kappa shape index (κ1) is 14.0. The largest absolute Gasteiger partial charge is 0.389 e. The van der Waals surface area contributed by atoms with Crippen LogP contribution < -0.4 is 11.1 Å². The average molecular weight is 278 g/mol. The normalized spacial score (nSPS) is 18.8. The van der Waals surface area contributed by atoms with E-state index in [1.165, 1.54) is 0 Å². The molecule has 102 valence electrons. The maximum absolute atomic E-state index is 11.9. The molecule has 0 aliphatic carbocycles. The predicted molar refractivity (Wildman–Crippen MR) is 77.7 cm³/mol.